The van der Waals surface area contributed by atoms with Crippen molar-refractivity contribution in [2.75, 3.05) is 6.54 Å². The van der Waals surface area contributed by atoms with Crippen molar-refractivity contribution in [3.63, 3.8) is 0 Å². The first-order valence-corrected chi connectivity index (χ1v) is 8.84. The second-order valence-electron chi connectivity index (χ2n) is 5.10. The van der Waals surface area contributed by atoms with Gasteiger partial charge in [0.1, 0.15) is 10.7 Å². The van der Waals surface area contributed by atoms with Crippen LogP contribution in [0.3, 0.4) is 0 Å². The van der Waals surface area contributed by atoms with Crippen LogP contribution in [0, 0.1) is 5.82 Å². The number of sulfonamides is 1. The van der Waals surface area contributed by atoms with Crippen LogP contribution in [0.25, 0.3) is 0 Å². The molecule has 3 nitrogen and oxygen atoms in total. The monoisotopic (exact) mass is 319 g/mol. The van der Waals surface area contributed by atoms with Gasteiger partial charge in [0.05, 0.1) is 0 Å². The molecule has 0 saturated heterocycles. The molecule has 0 spiro atoms. The van der Waals surface area contributed by atoms with Crippen molar-refractivity contribution in [3.8, 4) is 0 Å². The Morgan fingerprint density at radius 3 is 2.65 bits per heavy atom. The summed E-state index contributed by atoms with van der Waals surface area (Å²) in [6.07, 6.45) is 3.41. The Kier molecular flexibility index (Phi) is 5.04. The molecule has 1 fully saturated rings. The number of nitrogens with zero attached hydrogens (tertiary/aromatic N) is 1. The fourth-order valence-electron chi connectivity index (χ4n) is 2.13. The van der Waals surface area contributed by atoms with Crippen molar-refractivity contribution in [2.45, 2.75) is 49.4 Å². The van der Waals surface area contributed by atoms with Crippen LogP contribution in [0.2, 0.25) is 0 Å². The topological polar surface area (TPSA) is 37.4 Å². The highest BCUT2D eigenvalue weighted by atomic mass is 35.5. The smallest absolute Gasteiger partial charge is 0.207 e. The molecule has 6 heteroatoms. The number of hydrogen-bond acceptors (Lipinski definition) is 2. The summed E-state index contributed by atoms with van der Waals surface area (Å²) in [4.78, 5) is -0.251. The van der Waals surface area contributed by atoms with E-state index >= 15 is 0 Å². The lowest BCUT2D eigenvalue weighted by Crippen LogP contribution is -2.34. The average Bonchev–Trinajstić information content (AvgIpc) is 3.24. The van der Waals surface area contributed by atoms with Gasteiger partial charge in [0.2, 0.25) is 10.0 Å². The van der Waals surface area contributed by atoms with E-state index < -0.39 is 15.8 Å². The van der Waals surface area contributed by atoms with Gasteiger partial charge in [-0.3, -0.25) is 0 Å². The van der Waals surface area contributed by atoms with Crippen LogP contribution >= 0.6 is 11.6 Å². The third-order valence-corrected chi connectivity index (χ3v) is 5.70. The minimum Gasteiger partial charge on any atom is -0.207 e. The van der Waals surface area contributed by atoms with Crippen LogP contribution in [-0.2, 0) is 15.9 Å². The molecular formula is C14H19ClFNO2S. The molecule has 0 heterocycles. The summed E-state index contributed by atoms with van der Waals surface area (Å²) >= 11 is 5.71. The van der Waals surface area contributed by atoms with Crippen molar-refractivity contribution in [1.82, 2.24) is 4.31 Å². The summed E-state index contributed by atoms with van der Waals surface area (Å²) in [6.45, 7) is 2.46. The second kappa shape index (κ2) is 6.41. The third-order valence-electron chi connectivity index (χ3n) is 3.42. The Hall–Kier alpha value is -0.650. The zero-order valence-corrected chi connectivity index (χ0v) is 13.1. The number of alkyl halides is 1. The summed E-state index contributed by atoms with van der Waals surface area (Å²) in [5.41, 5.74) is 0.609. The molecule has 0 N–H and O–H groups in total. The van der Waals surface area contributed by atoms with E-state index in [0.717, 1.165) is 25.7 Å². The summed E-state index contributed by atoms with van der Waals surface area (Å²) in [5, 5.41) is 0. The van der Waals surface area contributed by atoms with Crippen molar-refractivity contribution in [1.29, 1.82) is 0 Å². The average molecular weight is 320 g/mol. The van der Waals surface area contributed by atoms with E-state index in [9.17, 15) is 12.8 Å². The predicted octanol–water partition coefficient (Wildman–Crippen LogP) is 3.52. The number of benzene rings is 1. The molecule has 20 heavy (non-hydrogen) atoms. The molecular weight excluding hydrogens is 301 g/mol. The van der Waals surface area contributed by atoms with Gasteiger partial charge in [-0.2, -0.15) is 4.31 Å². The lowest BCUT2D eigenvalue weighted by molar-refractivity contribution is 0.392. The summed E-state index contributed by atoms with van der Waals surface area (Å²) < 4.78 is 40.7. The van der Waals surface area contributed by atoms with Gasteiger partial charge in [-0.25, -0.2) is 12.8 Å². The maximum atomic E-state index is 13.9. The normalized spacial score (nSPS) is 15.8. The van der Waals surface area contributed by atoms with Gasteiger partial charge in [-0.1, -0.05) is 19.4 Å². The van der Waals surface area contributed by atoms with Crippen LogP contribution in [0.15, 0.2) is 23.1 Å². The Bertz CT molecular complexity index is 573. The van der Waals surface area contributed by atoms with Crippen LogP contribution in [0.1, 0.15) is 38.2 Å². The highest BCUT2D eigenvalue weighted by Gasteiger charge is 2.38. The van der Waals surface area contributed by atoms with E-state index in [1.807, 2.05) is 6.92 Å². The van der Waals surface area contributed by atoms with Gasteiger partial charge in [-0.05, 0) is 37.0 Å². The molecule has 0 unspecified atom stereocenters. The Labute approximate surface area is 124 Å². The predicted molar refractivity (Wildman–Crippen MR) is 77.8 cm³/mol. The molecule has 1 aliphatic rings. The molecule has 112 valence electrons. The molecule has 0 aliphatic heterocycles. The Morgan fingerprint density at radius 1 is 1.40 bits per heavy atom. The first-order valence-electron chi connectivity index (χ1n) is 6.87. The van der Waals surface area contributed by atoms with Gasteiger partial charge in [0, 0.05) is 18.5 Å². The molecule has 0 radical (unpaired) electrons. The molecule has 0 aromatic heterocycles. The molecule has 0 bridgehead atoms. The molecule has 0 atom stereocenters. The van der Waals surface area contributed by atoms with Crippen molar-refractivity contribution < 1.29 is 12.8 Å². The molecule has 1 saturated carbocycles. The van der Waals surface area contributed by atoms with E-state index in [1.54, 1.807) is 0 Å². The van der Waals surface area contributed by atoms with E-state index in [-0.39, 0.29) is 16.8 Å². The number of halogens is 2. The molecule has 1 aromatic rings. The third kappa shape index (κ3) is 3.32. The maximum absolute atomic E-state index is 13.9. The van der Waals surface area contributed by atoms with Gasteiger partial charge in [0.25, 0.3) is 0 Å². The largest absolute Gasteiger partial charge is 0.246 e. The maximum Gasteiger partial charge on any atom is 0.246 e. The highest BCUT2D eigenvalue weighted by molar-refractivity contribution is 7.89. The van der Waals surface area contributed by atoms with Crippen molar-refractivity contribution in [3.05, 3.63) is 29.6 Å². The van der Waals surface area contributed by atoms with E-state index in [4.69, 9.17) is 11.6 Å². The van der Waals surface area contributed by atoms with Gasteiger partial charge < -0.3 is 0 Å². The van der Waals surface area contributed by atoms with E-state index in [0.29, 0.717) is 12.1 Å². The zero-order valence-electron chi connectivity index (χ0n) is 11.5. The summed E-state index contributed by atoms with van der Waals surface area (Å²) in [6, 6.07) is 4.06. The SMILES string of the molecule is CCCCN(C1CC1)S(=O)(=O)c1cc(CCl)ccc1F. The molecule has 2 rings (SSSR count). The number of hydrogen-bond donors (Lipinski definition) is 0. The summed E-state index contributed by atoms with van der Waals surface area (Å²) in [5.74, 6) is -0.540. The number of unbranched alkanes of at least 4 members (excludes halogenated alkanes) is 1. The van der Waals surface area contributed by atoms with Crippen LogP contribution in [0.4, 0.5) is 4.39 Å². The lowest BCUT2D eigenvalue weighted by Gasteiger charge is -2.22. The first-order chi connectivity index (χ1) is 9.50. The van der Waals surface area contributed by atoms with Crippen LogP contribution in [0.5, 0.6) is 0 Å². The lowest BCUT2D eigenvalue weighted by atomic mass is 10.2. The Morgan fingerprint density at radius 2 is 2.10 bits per heavy atom. The van der Waals surface area contributed by atoms with Gasteiger partial charge in [0.15, 0.2) is 0 Å². The Balaban J connectivity index is 2.36. The minimum atomic E-state index is -3.77. The van der Waals surface area contributed by atoms with E-state index in [1.165, 1.54) is 22.5 Å². The molecule has 0 amide bonds. The van der Waals surface area contributed by atoms with Crippen molar-refractivity contribution in [2.24, 2.45) is 0 Å². The quantitative estimate of drug-likeness (QED) is 0.721. The first kappa shape index (κ1) is 15.7. The zero-order chi connectivity index (χ0) is 14.8. The minimum absolute atomic E-state index is 0.0330. The number of rotatable bonds is 7. The fourth-order valence-corrected chi connectivity index (χ4v) is 4.14. The standard InChI is InChI=1S/C14H19ClFNO2S/c1-2-3-8-17(12-5-6-12)20(18,19)14-9-11(10-15)4-7-13(14)16/h4,7,9,12H,2-3,5-6,8,10H2,1H3. The fraction of sp³-hybridized carbons (Fsp3) is 0.571. The van der Waals surface area contributed by atoms with E-state index in [2.05, 4.69) is 0 Å². The highest BCUT2D eigenvalue weighted by Crippen LogP contribution is 2.33. The molecule has 1 aromatic carbocycles. The van der Waals surface area contributed by atoms with Crippen molar-refractivity contribution >= 4 is 21.6 Å². The van der Waals surface area contributed by atoms with Gasteiger partial charge >= 0.3 is 0 Å². The summed E-state index contributed by atoms with van der Waals surface area (Å²) in [7, 11) is -3.77. The van der Waals surface area contributed by atoms with Gasteiger partial charge in [-0.15, -0.1) is 11.6 Å². The second-order valence-corrected chi connectivity index (χ2v) is 7.23. The van der Waals surface area contributed by atoms with Crippen LogP contribution in [-0.4, -0.2) is 25.3 Å². The molecule has 1 aliphatic carbocycles. The van der Waals surface area contributed by atoms with Crippen LogP contribution < -0.4 is 0 Å².